The average molecular weight is 1100 g/mol. The van der Waals surface area contributed by atoms with Gasteiger partial charge in [-0.1, -0.05) is 230 Å². The largest absolute Gasteiger partial charge is 0.477 e. The average Bonchev–Trinajstić information content (AvgIpc) is 3.42. The van der Waals surface area contributed by atoms with Gasteiger partial charge in [0.2, 0.25) is 0 Å². The molecule has 0 aromatic rings. The zero-order valence-electron chi connectivity index (χ0n) is 50.5. The van der Waals surface area contributed by atoms with E-state index in [1.165, 1.54) is 25.7 Å². The number of hydrogen-bond acceptors (Lipinski definition) is 7. The summed E-state index contributed by atoms with van der Waals surface area (Å²) in [5, 5.41) is 9.69. The highest BCUT2D eigenvalue weighted by Crippen LogP contribution is 2.13. The first-order valence-corrected chi connectivity index (χ1v) is 30.6. The molecule has 0 aliphatic rings. The Kier molecular flexibility index (Phi) is 55.2. The van der Waals surface area contributed by atoms with Gasteiger partial charge in [0.15, 0.2) is 6.10 Å². The molecular formula is C70H112NO8+. The molecule has 0 aromatic carbocycles. The molecule has 0 saturated carbocycles. The van der Waals surface area contributed by atoms with Gasteiger partial charge in [0.1, 0.15) is 13.2 Å². The van der Waals surface area contributed by atoms with Crippen molar-refractivity contribution in [2.75, 3.05) is 47.5 Å². The fourth-order valence-corrected chi connectivity index (χ4v) is 7.58. The number of esters is 2. The lowest BCUT2D eigenvalue weighted by atomic mass is 10.1. The van der Waals surface area contributed by atoms with Gasteiger partial charge in [0.05, 0.1) is 34.4 Å². The van der Waals surface area contributed by atoms with E-state index in [1.807, 2.05) is 21.1 Å². The Hall–Kier alpha value is -5.09. The molecule has 0 spiro atoms. The zero-order valence-corrected chi connectivity index (χ0v) is 50.5. The predicted octanol–water partition coefficient (Wildman–Crippen LogP) is 18.6. The third kappa shape index (κ3) is 60.4. The summed E-state index contributed by atoms with van der Waals surface area (Å²) in [5.74, 6) is -2.06. The standard InChI is InChI=1S/C70H111NO8/c1-6-8-10-12-14-16-18-20-21-22-23-24-25-26-27-28-29-30-31-32-33-34-35-36-37-38-39-40-41-42-43-44-45-46-47-49-51-53-55-57-59-61-68(73)79-66(65-78-70(69(74)75)76-63-62-71(3,4)5)64-77-67(72)60-58-56-54-52-50-48-19-17-15-13-11-9-7-2/h8,10-11,13-14,16-17,19-21,23-24,26-27,29-30,32-33,35-36,38-39,41-42,44-45,66,70H,6-7,9,12,15,18,22,25,28,31,34,37,40,43,46-65H2,1-5H3/p+1/b10-8-,13-11-,16-14-,19-17-,21-20-,24-23-,27-26-,30-29-,33-32-,36-35-,39-38-,42-41-,45-44-. The van der Waals surface area contributed by atoms with Crippen molar-refractivity contribution in [2.24, 2.45) is 0 Å². The minimum absolute atomic E-state index is 0.175. The van der Waals surface area contributed by atoms with Crippen LogP contribution >= 0.6 is 0 Å². The summed E-state index contributed by atoms with van der Waals surface area (Å²) in [7, 11) is 5.94. The molecule has 9 nitrogen and oxygen atoms in total. The molecular weight excluding hydrogens is 983 g/mol. The topological polar surface area (TPSA) is 108 Å². The SMILES string of the molecule is CC/C=C\C/C=C\C/C=C\C/C=C\C/C=C\C/C=C\C/C=C\C/C=C\C/C=C\C/C=C\C/C=C\CCCCCCCCCC(=O)OC(COC(=O)CCCCCCC/C=C\C/C=C\CCC)COC(OCC[N+](C)(C)C)C(=O)O. The van der Waals surface area contributed by atoms with Crippen molar-refractivity contribution in [3.63, 3.8) is 0 Å². The van der Waals surface area contributed by atoms with Crippen molar-refractivity contribution in [1.29, 1.82) is 0 Å². The molecule has 0 aliphatic carbocycles. The van der Waals surface area contributed by atoms with Gasteiger partial charge in [0, 0.05) is 12.8 Å². The Morgan fingerprint density at radius 2 is 0.722 bits per heavy atom. The number of carbonyl (C=O) groups excluding carboxylic acids is 2. The number of nitrogens with zero attached hydrogens (tertiary/aromatic N) is 1. The third-order valence-electron chi connectivity index (χ3n) is 12.2. The molecule has 9 heteroatoms. The molecule has 2 atom stereocenters. The van der Waals surface area contributed by atoms with Crippen LogP contribution < -0.4 is 0 Å². The smallest absolute Gasteiger partial charge is 0.361 e. The highest BCUT2D eigenvalue weighted by molar-refractivity contribution is 5.71. The summed E-state index contributed by atoms with van der Waals surface area (Å²) in [5.41, 5.74) is 0. The van der Waals surface area contributed by atoms with Crippen LogP contribution in [0.15, 0.2) is 158 Å². The summed E-state index contributed by atoms with van der Waals surface area (Å²) in [6, 6.07) is 0. The van der Waals surface area contributed by atoms with Crippen LogP contribution in [0.2, 0.25) is 0 Å². The highest BCUT2D eigenvalue weighted by Gasteiger charge is 2.25. The van der Waals surface area contributed by atoms with E-state index >= 15 is 0 Å². The summed E-state index contributed by atoms with van der Waals surface area (Å²) in [6.07, 6.45) is 84.8. The van der Waals surface area contributed by atoms with Crippen molar-refractivity contribution in [2.45, 2.75) is 219 Å². The molecule has 0 bridgehead atoms. The van der Waals surface area contributed by atoms with Gasteiger partial charge < -0.3 is 28.5 Å². The zero-order chi connectivity index (χ0) is 57.6. The van der Waals surface area contributed by atoms with E-state index in [4.69, 9.17) is 18.9 Å². The second-order valence-electron chi connectivity index (χ2n) is 20.9. The van der Waals surface area contributed by atoms with Gasteiger partial charge >= 0.3 is 17.9 Å². The number of carboxylic acid groups (broad SMARTS) is 1. The predicted molar refractivity (Wildman–Crippen MR) is 336 cm³/mol. The van der Waals surface area contributed by atoms with Gasteiger partial charge in [0.25, 0.3) is 6.29 Å². The van der Waals surface area contributed by atoms with Crippen molar-refractivity contribution in [1.82, 2.24) is 0 Å². The normalized spacial score (nSPS) is 13.9. The molecule has 1 N–H and O–H groups in total. The number of allylic oxidation sites excluding steroid dienone is 26. The van der Waals surface area contributed by atoms with Crippen molar-refractivity contribution in [3.8, 4) is 0 Å². The molecule has 2 unspecified atom stereocenters. The Labute approximate surface area is 483 Å². The monoisotopic (exact) mass is 1090 g/mol. The van der Waals surface area contributed by atoms with Crippen LogP contribution in [0.1, 0.15) is 206 Å². The van der Waals surface area contributed by atoms with Crippen molar-refractivity contribution >= 4 is 17.9 Å². The first-order chi connectivity index (χ1) is 38.6. The van der Waals surface area contributed by atoms with Crippen LogP contribution in [0, 0.1) is 0 Å². The summed E-state index contributed by atoms with van der Waals surface area (Å²) in [4.78, 5) is 37.3. The van der Waals surface area contributed by atoms with E-state index in [2.05, 4.69) is 172 Å². The van der Waals surface area contributed by atoms with E-state index in [0.717, 1.165) is 148 Å². The molecule has 0 heterocycles. The first kappa shape index (κ1) is 73.9. The van der Waals surface area contributed by atoms with Gasteiger partial charge in [-0.25, -0.2) is 4.79 Å². The Balaban J connectivity index is 4.19. The second kappa shape index (κ2) is 59.0. The minimum Gasteiger partial charge on any atom is -0.477 e. The maximum atomic E-state index is 12.9. The van der Waals surface area contributed by atoms with E-state index in [9.17, 15) is 19.5 Å². The number of carboxylic acids is 1. The van der Waals surface area contributed by atoms with Gasteiger partial charge in [-0.05, 0) is 122 Å². The molecule has 0 radical (unpaired) electrons. The van der Waals surface area contributed by atoms with Gasteiger partial charge in [-0.2, -0.15) is 0 Å². The number of aliphatic carboxylic acids is 1. The Morgan fingerprint density at radius 1 is 0.392 bits per heavy atom. The van der Waals surface area contributed by atoms with Crippen LogP contribution in [0.3, 0.4) is 0 Å². The molecule has 0 rings (SSSR count). The van der Waals surface area contributed by atoms with E-state index in [1.54, 1.807) is 0 Å². The molecule has 79 heavy (non-hydrogen) atoms. The lowest BCUT2D eigenvalue weighted by Gasteiger charge is -2.25. The summed E-state index contributed by atoms with van der Waals surface area (Å²) >= 11 is 0. The lowest BCUT2D eigenvalue weighted by Crippen LogP contribution is -2.40. The Morgan fingerprint density at radius 3 is 1.08 bits per heavy atom. The Bertz CT molecular complexity index is 1850. The van der Waals surface area contributed by atoms with Crippen LogP contribution in [-0.4, -0.2) is 87.4 Å². The fraction of sp³-hybridized carbons (Fsp3) is 0.586. The van der Waals surface area contributed by atoms with E-state index in [0.29, 0.717) is 17.4 Å². The van der Waals surface area contributed by atoms with Crippen LogP contribution in [-0.2, 0) is 33.3 Å². The molecule has 0 fully saturated rings. The van der Waals surface area contributed by atoms with E-state index in [-0.39, 0.29) is 38.6 Å². The molecule has 0 amide bonds. The maximum absolute atomic E-state index is 12.9. The maximum Gasteiger partial charge on any atom is 0.361 e. The number of ether oxygens (including phenoxy) is 4. The van der Waals surface area contributed by atoms with Gasteiger partial charge in [-0.3, -0.25) is 9.59 Å². The van der Waals surface area contributed by atoms with Crippen molar-refractivity contribution in [3.05, 3.63) is 158 Å². The van der Waals surface area contributed by atoms with Crippen LogP contribution in [0.25, 0.3) is 0 Å². The number of carbonyl (C=O) groups is 3. The quantitative estimate of drug-likeness (QED) is 0.0211. The molecule has 0 saturated heterocycles. The molecule has 444 valence electrons. The van der Waals surface area contributed by atoms with Crippen LogP contribution in [0.4, 0.5) is 0 Å². The third-order valence-corrected chi connectivity index (χ3v) is 12.2. The summed E-state index contributed by atoms with van der Waals surface area (Å²) < 4.78 is 22.8. The second-order valence-corrected chi connectivity index (χ2v) is 20.9. The van der Waals surface area contributed by atoms with Crippen LogP contribution in [0.5, 0.6) is 0 Å². The number of rotatable bonds is 54. The summed E-state index contributed by atoms with van der Waals surface area (Å²) in [6.45, 7) is 4.63. The van der Waals surface area contributed by atoms with Crippen molar-refractivity contribution < 1.29 is 42.9 Å². The number of likely N-dealkylation sites (N-methyl/N-ethyl adjacent to an activating group) is 1. The van der Waals surface area contributed by atoms with E-state index < -0.39 is 24.3 Å². The number of unbranched alkanes of at least 4 members (excludes halogenated alkanes) is 13. The lowest BCUT2D eigenvalue weighted by molar-refractivity contribution is -0.870. The van der Waals surface area contributed by atoms with Gasteiger partial charge in [-0.15, -0.1) is 0 Å². The molecule has 0 aromatic heterocycles. The number of quaternary nitrogens is 1. The fourth-order valence-electron chi connectivity index (χ4n) is 7.58. The highest BCUT2D eigenvalue weighted by atomic mass is 16.7. The number of hydrogen-bond donors (Lipinski definition) is 1. The molecule has 0 aliphatic heterocycles. The first-order valence-electron chi connectivity index (χ1n) is 30.6. The minimum atomic E-state index is -1.53.